The van der Waals surface area contributed by atoms with Gasteiger partial charge in [-0.25, -0.2) is 0 Å². The predicted molar refractivity (Wildman–Crippen MR) is 122 cm³/mol. The highest BCUT2D eigenvalue weighted by Crippen LogP contribution is 2.66. The highest BCUT2D eigenvalue weighted by atomic mass is 32.2. The Kier molecular flexibility index (Phi) is 5.09. The second-order valence-electron chi connectivity index (χ2n) is 8.15. The van der Waals surface area contributed by atoms with E-state index in [-0.39, 0.29) is 9.86 Å². The number of hydrogen-bond acceptors (Lipinski definition) is 3. The zero-order valence-electron chi connectivity index (χ0n) is 16.6. The van der Waals surface area contributed by atoms with Gasteiger partial charge >= 0.3 is 0 Å². The molecule has 3 aromatic rings. The van der Waals surface area contributed by atoms with Crippen LogP contribution in [0.25, 0.3) is 0 Å². The van der Waals surface area contributed by atoms with Crippen molar-refractivity contribution in [1.82, 2.24) is 4.98 Å². The van der Waals surface area contributed by atoms with Gasteiger partial charge in [0.05, 0.1) is 9.77 Å². The van der Waals surface area contributed by atoms with E-state index in [0.717, 1.165) is 5.56 Å². The summed E-state index contributed by atoms with van der Waals surface area (Å²) < 4.78 is -0.0353. The maximum atomic E-state index is 13.0. The highest BCUT2D eigenvalue weighted by Gasteiger charge is 2.47. The number of nitrogens with one attached hydrogen (secondary N) is 1. The van der Waals surface area contributed by atoms with Gasteiger partial charge in [0.1, 0.15) is 0 Å². The molecule has 1 aromatic heterocycles. The van der Waals surface area contributed by atoms with Gasteiger partial charge in [-0.3, -0.25) is 4.79 Å². The molecule has 1 fully saturated rings. The van der Waals surface area contributed by atoms with Crippen LogP contribution in [-0.2, 0) is 4.08 Å². The van der Waals surface area contributed by atoms with Crippen LogP contribution in [0.4, 0.5) is 0 Å². The Bertz CT molecular complexity index is 1010. The number of thioether (sulfide) groups is 2. The molecule has 0 saturated heterocycles. The number of H-pyrrole nitrogens is 1. The van der Waals surface area contributed by atoms with Crippen LogP contribution in [-0.4, -0.2) is 10.8 Å². The molecule has 1 N–H and O–H groups in total. The molecule has 2 aliphatic rings. The number of aryl methyl sites for hydroxylation is 1. The van der Waals surface area contributed by atoms with Crippen LogP contribution in [0.5, 0.6) is 0 Å². The van der Waals surface area contributed by atoms with Crippen molar-refractivity contribution < 1.29 is 4.79 Å². The third-order valence-electron chi connectivity index (χ3n) is 6.16. The van der Waals surface area contributed by atoms with E-state index in [9.17, 15) is 4.79 Å². The fraction of sp³-hybridized carbons (Fsp3) is 0.320. The lowest BCUT2D eigenvalue weighted by atomic mass is 9.84. The van der Waals surface area contributed by atoms with E-state index < -0.39 is 0 Å². The van der Waals surface area contributed by atoms with Gasteiger partial charge in [0, 0.05) is 21.6 Å². The second kappa shape index (κ2) is 7.73. The van der Waals surface area contributed by atoms with Crippen LogP contribution < -0.4 is 0 Å². The Morgan fingerprint density at radius 2 is 1.62 bits per heavy atom. The molecule has 2 nitrogen and oxygen atoms in total. The number of benzene rings is 2. The van der Waals surface area contributed by atoms with Crippen molar-refractivity contribution in [2.24, 2.45) is 5.92 Å². The predicted octanol–water partition coefficient (Wildman–Crippen LogP) is 7.19. The van der Waals surface area contributed by atoms with E-state index in [2.05, 4.69) is 41.5 Å². The Hall–Kier alpha value is -1.91. The van der Waals surface area contributed by atoms with Gasteiger partial charge < -0.3 is 4.98 Å². The lowest BCUT2D eigenvalue weighted by molar-refractivity contribution is 0.103. The average Bonchev–Trinajstić information content (AvgIpc) is 3.40. The van der Waals surface area contributed by atoms with E-state index >= 15 is 0 Å². The van der Waals surface area contributed by atoms with Gasteiger partial charge in [0.25, 0.3) is 0 Å². The van der Waals surface area contributed by atoms with E-state index in [0.29, 0.717) is 11.6 Å². The van der Waals surface area contributed by atoms with Crippen molar-refractivity contribution in [3.05, 3.63) is 83.2 Å². The molecule has 0 bridgehead atoms. The van der Waals surface area contributed by atoms with E-state index in [1.165, 1.54) is 53.0 Å². The Morgan fingerprint density at radius 1 is 0.966 bits per heavy atom. The summed E-state index contributed by atoms with van der Waals surface area (Å²) in [6.45, 7) is 2.04. The standard InChI is InChI=1S/C25H25NOS2/c1-17-11-13-18(14-12-17)24(27)21-15-20(16-26-21)25(19-7-3-2-4-8-19)28-22-9-5-6-10-23(22)29-25/h5-6,9-16,19,26H,2-4,7-8H2,1H3. The summed E-state index contributed by atoms with van der Waals surface area (Å²) in [5.74, 6) is 0.692. The first-order valence-corrected chi connectivity index (χ1v) is 12.1. The van der Waals surface area contributed by atoms with E-state index in [4.69, 9.17) is 0 Å². The molecule has 2 aromatic carbocycles. The van der Waals surface area contributed by atoms with Crippen LogP contribution in [0, 0.1) is 12.8 Å². The van der Waals surface area contributed by atoms with Gasteiger partial charge in [-0.2, -0.15) is 0 Å². The Morgan fingerprint density at radius 3 is 2.28 bits per heavy atom. The van der Waals surface area contributed by atoms with Gasteiger partial charge in [-0.1, -0.05) is 61.2 Å². The summed E-state index contributed by atoms with van der Waals surface area (Å²) in [4.78, 5) is 19.1. The van der Waals surface area contributed by atoms with Crippen molar-refractivity contribution >= 4 is 29.3 Å². The summed E-state index contributed by atoms with van der Waals surface area (Å²) >= 11 is 4.00. The molecule has 0 radical (unpaired) electrons. The van der Waals surface area contributed by atoms with Crippen LogP contribution in [0.1, 0.15) is 59.3 Å². The van der Waals surface area contributed by atoms with Gasteiger partial charge in [-0.15, -0.1) is 23.5 Å². The smallest absolute Gasteiger partial charge is 0.209 e. The largest absolute Gasteiger partial charge is 0.358 e. The SMILES string of the molecule is Cc1ccc(C(=O)c2cc(C3(C4CCCCC4)Sc4ccccc4S3)c[nH]2)cc1. The number of ketones is 1. The number of aromatic nitrogens is 1. The third-order valence-corrected chi connectivity index (χ3v) is 9.68. The average molecular weight is 420 g/mol. The van der Waals surface area contributed by atoms with E-state index in [1.807, 2.05) is 54.7 Å². The zero-order chi connectivity index (χ0) is 19.8. The Labute approximate surface area is 180 Å². The molecule has 4 heteroatoms. The fourth-order valence-electron chi connectivity index (χ4n) is 4.56. The molecule has 0 unspecified atom stereocenters. The molecule has 2 heterocycles. The summed E-state index contributed by atoms with van der Waals surface area (Å²) in [6.07, 6.45) is 8.58. The second-order valence-corrected chi connectivity index (χ2v) is 11.0. The maximum Gasteiger partial charge on any atom is 0.209 e. The van der Waals surface area contributed by atoms with Gasteiger partial charge in [0.15, 0.2) is 0 Å². The minimum absolute atomic E-state index is 0.0353. The lowest BCUT2D eigenvalue weighted by Crippen LogP contribution is -2.28. The van der Waals surface area contributed by atoms with Crippen molar-refractivity contribution in [1.29, 1.82) is 0 Å². The van der Waals surface area contributed by atoms with Crippen LogP contribution >= 0.6 is 23.5 Å². The normalized spacial score (nSPS) is 18.5. The van der Waals surface area contributed by atoms with Crippen molar-refractivity contribution in [2.75, 3.05) is 0 Å². The molecule has 0 atom stereocenters. The minimum Gasteiger partial charge on any atom is -0.358 e. The van der Waals surface area contributed by atoms with Crippen molar-refractivity contribution in [2.45, 2.75) is 52.9 Å². The number of carbonyl (C=O) groups excluding carboxylic acids is 1. The van der Waals surface area contributed by atoms with Gasteiger partial charge in [0.2, 0.25) is 5.78 Å². The summed E-state index contributed by atoms with van der Waals surface area (Å²) in [5, 5.41) is 0. The third kappa shape index (κ3) is 3.47. The Balaban J connectivity index is 1.51. The molecule has 5 rings (SSSR count). The summed E-state index contributed by atoms with van der Waals surface area (Å²) in [6, 6.07) is 18.7. The number of carbonyl (C=O) groups is 1. The van der Waals surface area contributed by atoms with Crippen LogP contribution in [0.15, 0.2) is 70.6 Å². The molecule has 1 aliphatic heterocycles. The maximum absolute atomic E-state index is 13.0. The lowest BCUT2D eigenvalue weighted by Gasteiger charge is -2.38. The molecule has 29 heavy (non-hydrogen) atoms. The van der Waals surface area contributed by atoms with Crippen molar-refractivity contribution in [3.63, 3.8) is 0 Å². The number of hydrogen-bond donors (Lipinski definition) is 1. The van der Waals surface area contributed by atoms with Crippen molar-refractivity contribution in [3.8, 4) is 0 Å². The molecular formula is C25H25NOS2. The molecular weight excluding hydrogens is 394 g/mol. The first-order valence-electron chi connectivity index (χ1n) is 10.4. The quantitative estimate of drug-likeness (QED) is 0.454. The zero-order valence-corrected chi connectivity index (χ0v) is 18.2. The monoisotopic (exact) mass is 419 g/mol. The molecule has 1 aliphatic carbocycles. The van der Waals surface area contributed by atoms with Crippen LogP contribution in [0.3, 0.4) is 0 Å². The van der Waals surface area contributed by atoms with Crippen LogP contribution in [0.2, 0.25) is 0 Å². The van der Waals surface area contributed by atoms with E-state index in [1.54, 1.807) is 0 Å². The fourth-order valence-corrected chi connectivity index (χ4v) is 8.07. The minimum atomic E-state index is -0.0353. The topological polar surface area (TPSA) is 32.9 Å². The first-order chi connectivity index (χ1) is 14.2. The number of aromatic amines is 1. The number of fused-ring (bicyclic) bond motifs is 1. The molecule has 1 saturated carbocycles. The first kappa shape index (κ1) is 19.1. The summed E-state index contributed by atoms with van der Waals surface area (Å²) in [7, 11) is 0. The molecule has 0 amide bonds. The number of rotatable bonds is 4. The summed E-state index contributed by atoms with van der Waals surface area (Å²) in [5.41, 5.74) is 3.86. The molecule has 0 spiro atoms. The van der Waals surface area contributed by atoms with Gasteiger partial charge in [-0.05, 0) is 49.4 Å². The molecule has 148 valence electrons. The highest BCUT2D eigenvalue weighted by molar-refractivity contribution is 8.20.